The fraction of sp³-hybridized carbons (Fsp3) is 0.333. The number of nitrogens with zero attached hydrogens (tertiary/aromatic N) is 2. The van der Waals surface area contributed by atoms with Crippen LogP contribution in [0.3, 0.4) is 0 Å². The Labute approximate surface area is 75.5 Å². The minimum atomic E-state index is 0.715. The topological polar surface area (TPSA) is 52.1 Å². The van der Waals surface area contributed by atoms with Gasteiger partial charge in [-0.15, -0.1) is 0 Å². The maximum atomic E-state index is 4.95. The second-order valence-corrected chi connectivity index (χ2v) is 3.03. The first-order chi connectivity index (χ1) is 6.25. The molecule has 68 valence electrons. The van der Waals surface area contributed by atoms with E-state index in [2.05, 4.69) is 10.3 Å². The van der Waals surface area contributed by atoms with E-state index < -0.39 is 0 Å². The number of aryl methyl sites for hydroxylation is 2. The Kier molecular flexibility index (Phi) is 1.88. The van der Waals surface area contributed by atoms with Crippen molar-refractivity contribution in [3.8, 4) is 0 Å². The van der Waals surface area contributed by atoms with Gasteiger partial charge in [0.15, 0.2) is 0 Å². The van der Waals surface area contributed by atoms with Gasteiger partial charge in [0.1, 0.15) is 12.0 Å². The van der Waals surface area contributed by atoms with Gasteiger partial charge in [0.25, 0.3) is 0 Å². The van der Waals surface area contributed by atoms with Gasteiger partial charge in [-0.1, -0.05) is 10.3 Å². The molecule has 4 nitrogen and oxygen atoms in total. The zero-order valence-corrected chi connectivity index (χ0v) is 7.57. The van der Waals surface area contributed by atoms with E-state index in [0.29, 0.717) is 6.42 Å². The van der Waals surface area contributed by atoms with Crippen LogP contribution in [-0.4, -0.2) is 10.3 Å². The molecule has 0 saturated carbocycles. The van der Waals surface area contributed by atoms with E-state index in [4.69, 9.17) is 9.05 Å². The second kappa shape index (κ2) is 3.05. The summed E-state index contributed by atoms with van der Waals surface area (Å²) in [5, 5.41) is 7.67. The molecule has 0 unspecified atom stereocenters. The monoisotopic (exact) mass is 178 g/mol. The Morgan fingerprint density at radius 3 is 2.69 bits per heavy atom. The highest BCUT2D eigenvalue weighted by atomic mass is 16.5. The highest BCUT2D eigenvalue weighted by Gasteiger charge is 2.06. The van der Waals surface area contributed by atoms with E-state index in [-0.39, 0.29) is 0 Å². The summed E-state index contributed by atoms with van der Waals surface area (Å²) in [6.45, 7) is 3.78. The van der Waals surface area contributed by atoms with Crippen LogP contribution in [0.4, 0.5) is 0 Å². The minimum Gasteiger partial charge on any atom is -0.364 e. The Balaban J connectivity index is 2.19. The van der Waals surface area contributed by atoms with Gasteiger partial charge in [-0.25, -0.2) is 0 Å². The SMILES string of the molecule is Cc1cc(Cc2conc2C)no1. The maximum Gasteiger partial charge on any atom is 0.133 e. The van der Waals surface area contributed by atoms with E-state index >= 15 is 0 Å². The first-order valence-electron chi connectivity index (χ1n) is 4.08. The van der Waals surface area contributed by atoms with Crippen LogP contribution in [0.25, 0.3) is 0 Å². The molecule has 0 aliphatic carbocycles. The fourth-order valence-corrected chi connectivity index (χ4v) is 1.18. The first-order valence-corrected chi connectivity index (χ1v) is 4.08. The number of hydrogen-bond acceptors (Lipinski definition) is 4. The first kappa shape index (κ1) is 8.04. The molecule has 0 radical (unpaired) electrons. The average Bonchev–Trinajstić information content (AvgIpc) is 2.64. The molecule has 0 bridgehead atoms. The quantitative estimate of drug-likeness (QED) is 0.704. The van der Waals surface area contributed by atoms with Crippen LogP contribution in [0.5, 0.6) is 0 Å². The van der Waals surface area contributed by atoms with Crippen LogP contribution in [0.15, 0.2) is 21.4 Å². The van der Waals surface area contributed by atoms with Gasteiger partial charge in [0.2, 0.25) is 0 Å². The normalized spacial score (nSPS) is 10.6. The van der Waals surface area contributed by atoms with Gasteiger partial charge < -0.3 is 9.05 Å². The molecule has 0 amide bonds. The lowest BCUT2D eigenvalue weighted by atomic mass is 10.1. The molecule has 0 aromatic carbocycles. The lowest BCUT2D eigenvalue weighted by molar-refractivity contribution is 0.391. The zero-order chi connectivity index (χ0) is 9.26. The van der Waals surface area contributed by atoms with E-state index in [1.165, 1.54) is 0 Å². The molecular formula is C9H10N2O2. The molecule has 2 aromatic heterocycles. The van der Waals surface area contributed by atoms with Crippen LogP contribution in [0.1, 0.15) is 22.7 Å². The van der Waals surface area contributed by atoms with Gasteiger partial charge in [0, 0.05) is 18.1 Å². The summed E-state index contributed by atoms with van der Waals surface area (Å²) >= 11 is 0. The fourth-order valence-electron chi connectivity index (χ4n) is 1.18. The number of aromatic nitrogens is 2. The Hall–Kier alpha value is -1.58. The molecule has 2 aromatic rings. The zero-order valence-electron chi connectivity index (χ0n) is 7.57. The summed E-state index contributed by atoms with van der Waals surface area (Å²) in [4.78, 5) is 0. The van der Waals surface area contributed by atoms with E-state index in [9.17, 15) is 0 Å². The van der Waals surface area contributed by atoms with Crippen molar-refractivity contribution in [3.05, 3.63) is 35.0 Å². The van der Waals surface area contributed by atoms with Crippen molar-refractivity contribution >= 4 is 0 Å². The second-order valence-electron chi connectivity index (χ2n) is 3.03. The number of hydrogen-bond donors (Lipinski definition) is 0. The van der Waals surface area contributed by atoms with Crippen molar-refractivity contribution in [1.82, 2.24) is 10.3 Å². The Bertz CT molecular complexity index is 403. The summed E-state index contributed by atoms with van der Waals surface area (Å²) in [5.41, 5.74) is 2.86. The molecule has 0 saturated heterocycles. The summed E-state index contributed by atoms with van der Waals surface area (Å²) in [6.07, 6.45) is 2.35. The van der Waals surface area contributed by atoms with Crippen molar-refractivity contribution in [2.45, 2.75) is 20.3 Å². The highest BCUT2D eigenvalue weighted by molar-refractivity contribution is 5.20. The molecule has 2 rings (SSSR count). The average molecular weight is 178 g/mol. The molecular weight excluding hydrogens is 168 g/mol. The maximum absolute atomic E-state index is 4.95. The largest absolute Gasteiger partial charge is 0.364 e. The molecule has 0 spiro atoms. The van der Waals surface area contributed by atoms with Crippen molar-refractivity contribution < 1.29 is 9.05 Å². The van der Waals surface area contributed by atoms with Crippen LogP contribution in [-0.2, 0) is 6.42 Å². The van der Waals surface area contributed by atoms with Crippen molar-refractivity contribution in [3.63, 3.8) is 0 Å². The highest BCUT2D eigenvalue weighted by Crippen LogP contribution is 2.12. The van der Waals surface area contributed by atoms with E-state index in [1.807, 2.05) is 19.9 Å². The third-order valence-corrected chi connectivity index (χ3v) is 1.90. The lowest BCUT2D eigenvalue weighted by Crippen LogP contribution is -1.88. The third-order valence-electron chi connectivity index (χ3n) is 1.90. The van der Waals surface area contributed by atoms with Gasteiger partial charge in [0.05, 0.1) is 11.4 Å². The molecule has 0 aliphatic rings. The molecule has 0 N–H and O–H groups in total. The van der Waals surface area contributed by atoms with E-state index in [1.54, 1.807) is 6.26 Å². The van der Waals surface area contributed by atoms with Gasteiger partial charge in [-0.3, -0.25) is 0 Å². The molecule has 0 aliphatic heterocycles. The number of rotatable bonds is 2. The Morgan fingerprint density at radius 1 is 1.31 bits per heavy atom. The van der Waals surface area contributed by atoms with Crippen molar-refractivity contribution in [2.24, 2.45) is 0 Å². The van der Waals surface area contributed by atoms with Crippen LogP contribution in [0.2, 0.25) is 0 Å². The van der Waals surface area contributed by atoms with Gasteiger partial charge >= 0.3 is 0 Å². The van der Waals surface area contributed by atoms with Crippen molar-refractivity contribution in [1.29, 1.82) is 0 Å². The lowest BCUT2D eigenvalue weighted by Gasteiger charge is -1.89. The predicted octanol–water partition coefficient (Wildman–Crippen LogP) is 1.87. The van der Waals surface area contributed by atoms with Gasteiger partial charge in [-0.2, -0.15) is 0 Å². The van der Waals surface area contributed by atoms with Gasteiger partial charge in [-0.05, 0) is 13.8 Å². The van der Waals surface area contributed by atoms with Crippen molar-refractivity contribution in [2.75, 3.05) is 0 Å². The standard InChI is InChI=1S/C9H10N2O2/c1-6-3-9(11-13-6)4-8-5-12-10-7(8)2/h3,5H,4H2,1-2H3. The third kappa shape index (κ3) is 1.61. The molecule has 13 heavy (non-hydrogen) atoms. The summed E-state index contributed by atoms with van der Waals surface area (Å²) < 4.78 is 9.77. The van der Waals surface area contributed by atoms with Crippen LogP contribution < -0.4 is 0 Å². The summed E-state index contributed by atoms with van der Waals surface area (Å²) in [5.74, 6) is 0.823. The molecule has 0 fully saturated rings. The summed E-state index contributed by atoms with van der Waals surface area (Å²) in [6, 6.07) is 1.91. The summed E-state index contributed by atoms with van der Waals surface area (Å²) in [7, 11) is 0. The molecule has 0 atom stereocenters. The molecule has 2 heterocycles. The minimum absolute atomic E-state index is 0.715. The van der Waals surface area contributed by atoms with Crippen LogP contribution in [0, 0.1) is 13.8 Å². The smallest absolute Gasteiger partial charge is 0.133 e. The predicted molar refractivity (Wildman–Crippen MR) is 45.3 cm³/mol. The Morgan fingerprint density at radius 2 is 2.15 bits per heavy atom. The van der Waals surface area contributed by atoms with Crippen LogP contribution >= 0.6 is 0 Å². The van der Waals surface area contributed by atoms with E-state index in [0.717, 1.165) is 22.7 Å². The molecule has 4 heteroatoms.